The summed E-state index contributed by atoms with van der Waals surface area (Å²) in [6.45, 7) is 0.811. The number of aliphatic carboxylic acids is 1. The van der Waals surface area contributed by atoms with Crippen molar-refractivity contribution in [1.29, 1.82) is 0 Å². The zero-order valence-electron chi connectivity index (χ0n) is 21.5. The van der Waals surface area contributed by atoms with E-state index in [4.69, 9.17) is 14.6 Å². The Hall–Kier alpha value is -3.98. The molecule has 3 unspecified atom stereocenters. The van der Waals surface area contributed by atoms with Gasteiger partial charge in [0.1, 0.15) is 5.69 Å². The Morgan fingerprint density at radius 3 is 2.62 bits per heavy atom. The summed E-state index contributed by atoms with van der Waals surface area (Å²) in [6.07, 6.45) is 6.84. The Balaban J connectivity index is 1.20. The minimum Gasteiger partial charge on any atom is -0.481 e. The van der Waals surface area contributed by atoms with Crippen molar-refractivity contribution in [3.63, 3.8) is 0 Å². The van der Waals surface area contributed by atoms with E-state index in [0.29, 0.717) is 29.8 Å². The molecule has 3 atom stereocenters. The van der Waals surface area contributed by atoms with E-state index in [1.165, 1.54) is 25.7 Å². The van der Waals surface area contributed by atoms with Gasteiger partial charge in [-0.1, -0.05) is 65.4 Å². The number of carboxylic acid groups (broad SMARTS) is 1. The fourth-order valence-electron chi connectivity index (χ4n) is 5.91. The number of rotatable bonds is 10. The number of nitrogens with zero attached hydrogens (tertiary/aromatic N) is 3. The van der Waals surface area contributed by atoms with Crippen LogP contribution in [0.5, 0.6) is 0 Å². The third kappa shape index (κ3) is 5.59. The van der Waals surface area contributed by atoms with Crippen molar-refractivity contribution in [2.24, 2.45) is 11.8 Å². The predicted octanol–water partition coefficient (Wildman–Crippen LogP) is 5.86. The second-order valence-corrected chi connectivity index (χ2v) is 11.4. The molecular weight excluding hydrogens is 512 g/mol. The van der Waals surface area contributed by atoms with Crippen LogP contribution in [0.4, 0.5) is 5.13 Å². The Kier molecular flexibility index (Phi) is 7.15. The fourth-order valence-corrected chi connectivity index (χ4v) is 6.83. The van der Waals surface area contributed by atoms with Gasteiger partial charge in [-0.2, -0.15) is 0 Å². The quantitative estimate of drug-likeness (QED) is 0.258. The number of amides is 1. The van der Waals surface area contributed by atoms with Crippen LogP contribution in [-0.4, -0.2) is 39.7 Å². The lowest BCUT2D eigenvalue weighted by Crippen LogP contribution is -2.38. The van der Waals surface area contributed by atoms with Gasteiger partial charge < -0.3 is 19.8 Å². The third-order valence-corrected chi connectivity index (χ3v) is 8.91. The van der Waals surface area contributed by atoms with Crippen LogP contribution in [-0.2, 0) is 11.3 Å². The second kappa shape index (κ2) is 11.0. The molecule has 2 bridgehead atoms. The van der Waals surface area contributed by atoms with Crippen LogP contribution < -0.4 is 10.2 Å². The molecule has 4 aromatic rings. The summed E-state index contributed by atoms with van der Waals surface area (Å²) in [6, 6.07) is 19.9. The molecule has 2 heterocycles. The van der Waals surface area contributed by atoms with Gasteiger partial charge >= 0.3 is 5.97 Å². The molecule has 2 aromatic carbocycles. The number of hydrogen-bond donors (Lipinski definition) is 2. The van der Waals surface area contributed by atoms with Gasteiger partial charge in [-0.05, 0) is 48.8 Å². The predicted molar refractivity (Wildman–Crippen MR) is 149 cm³/mol. The number of carbonyl (C=O) groups excluding carboxylic acids is 1. The molecule has 2 aromatic heterocycles. The van der Waals surface area contributed by atoms with E-state index in [1.54, 1.807) is 23.5 Å². The van der Waals surface area contributed by atoms with Crippen LogP contribution in [0.2, 0.25) is 0 Å². The lowest BCUT2D eigenvalue weighted by molar-refractivity contribution is -0.136. The van der Waals surface area contributed by atoms with Crippen molar-refractivity contribution in [2.75, 3.05) is 11.4 Å². The Morgan fingerprint density at radius 2 is 1.90 bits per heavy atom. The average molecular weight is 543 g/mol. The molecule has 0 aliphatic heterocycles. The molecule has 6 rings (SSSR count). The molecule has 2 N–H and O–H groups in total. The Bertz CT molecular complexity index is 1450. The lowest BCUT2D eigenvalue weighted by atomic mass is 9.94. The monoisotopic (exact) mass is 542 g/mol. The molecule has 2 aliphatic rings. The fraction of sp³-hybridized carbons (Fsp3) is 0.333. The van der Waals surface area contributed by atoms with Crippen LogP contribution in [0.15, 0.2) is 71.4 Å². The van der Waals surface area contributed by atoms with Gasteiger partial charge in [0.2, 0.25) is 0 Å². The van der Waals surface area contributed by atoms with Gasteiger partial charge in [0.05, 0.1) is 17.5 Å². The maximum absolute atomic E-state index is 12.4. The summed E-state index contributed by atoms with van der Waals surface area (Å²) in [5, 5.41) is 16.7. The van der Waals surface area contributed by atoms with Crippen LogP contribution in [0.1, 0.15) is 48.0 Å². The van der Waals surface area contributed by atoms with Crippen LogP contribution in [0, 0.1) is 11.8 Å². The van der Waals surface area contributed by atoms with E-state index < -0.39 is 5.97 Å². The standard InChI is InChI=1S/C30H30N4O4S/c35-28(36)12-13-31-29(37)22-9-6-19(7-10-22)18-34(25-15-20-8-11-23(25)14-20)30-32-17-27(39-30)26-16-24(33-38-26)21-4-2-1-3-5-21/h1-7,9-10,16-17,20,23,25H,8,11-15,18H2,(H,31,37)(H,35,36). The number of benzene rings is 2. The molecule has 1 amide bonds. The van der Waals surface area contributed by atoms with Crippen LogP contribution in [0.25, 0.3) is 21.9 Å². The number of anilines is 1. The molecule has 9 heteroatoms. The highest BCUT2D eigenvalue weighted by Crippen LogP contribution is 2.48. The first kappa shape index (κ1) is 25.3. The summed E-state index contributed by atoms with van der Waals surface area (Å²) in [7, 11) is 0. The number of carboxylic acids is 1. The van der Waals surface area contributed by atoms with Crippen molar-refractivity contribution in [2.45, 2.75) is 44.7 Å². The number of thiazole rings is 1. The molecule has 0 saturated heterocycles. The van der Waals surface area contributed by atoms with E-state index in [2.05, 4.69) is 15.4 Å². The molecule has 39 heavy (non-hydrogen) atoms. The highest BCUT2D eigenvalue weighted by atomic mass is 32.1. The summed E-state index contributed by atoms with van der Waals surface area (Å²) < 4.78 is 5.70. The van der Waals surface area contributed by atoms with Gasteiger partial charge in [-0.3, -0.25) is 9.59 Å². The van der Waals surface area contributed by atoms with Crippen molar-refractivity contribution in [3.05, 3.63) is 78.0 Å². The number of hydrogen-bond acceptors (Lipinski definition) is 7. The molecular formula is C30H30N4O4S. The minimum atomic E-state index is -0.934. The summed E-state index contributed by atoms with van der Waals surface area (Å²) >= 11 is 1.62. The van der Waals surface area contributed by atoms with Crippen LogP contribution in [0.3, 0.4) is 0 Å². The van der Waals surface area contributed by atoms with Crippen molar-refractivity contribution in [3.8, 4) is 21.9 Å². The molecule has 2 aliphatic carbocycles. The van der Waals surface area contributed by atoms with Crippen molar-refractivity contribution in [1.82, 2.24) is 15.5 Å². The van der Waals surface area contributed by atoms with E-state index >= 15 is 0 Å². The first-order chi connectivity index (χ1) is 19.0. The lowest BCUT2D eigenvalue weighted by Gasteiger charge is -2.34. The normalized spacial score (nSPS) is 19.7. The number of fused-ring (bicyclic) bond motifs is 2. The smallest absolute Gasteiger partial charge is 0.305 e. The number of aromatic nitrogens is 2. The molecule has 0 radical (unpaired) electrons. The van der Waals surface area contributed by atoms with Crippen LogP contribution >= 0.6 is 11.3 Å². The molecule has 0 spiro atoms. The zero-order valence-corrected chi connectivity index (χ0v) is 22.3. The van der Waals surface area contributed by atoms with Gasteiger partial charge in [-0.15, -0.1) is 0 Å². The number of carbonyl (C=O) groups is 2. The average Bonchev–Trinajstić information content (AvgIpc) is 3.77. The highest BCUT2D eigenvalue weighted by Gasteiger charge is 2.43. The maximum atomic E-state index is 12.4. The molecule has 200 valence electrons. The van der Waals surface area contributed by atoms with Gasteiger partial charge in [0.15, 0.2) is 10.9 Å². The van der Waals surface area contributed by atoms with Gasteiger partial charge in [0.25, 0.3) is 5.91 Å². The number of nitrogens with one attached hydrogen (secondary N) is 1. The largest absolute Gasteiger partial charge is 0.481 e. The first-order valence-electron chi connectivity index (χ1n) is 13.4. The third-order valence-electron chi connectivity index (χ3n) is 7.86. The van der Waals surface area contributed by atoms with E-state index in [1.807, 2.05) is 54.7 Å². The molecule has 2 saturated carbocycles. The molecule has 2 fully saturated rings. The van der Waals surface area contributed by atoms with E-state index in [0.717, 1.165) is 32.7 Å². The van der Waals surface area contributed by atoms with Crippen molar-refractivity contribution >= 4 is 28.3 Å². The first-order valence-corrected chi connectivity index (χ1v) is 14.2. The summed E-state index contributed by atoms with van der Waals surface area (Å²) in [5.74, 6) is 0.984. The molecule has 8 nitrogen and oxygen atoms in total. The van der Waals surface area contributed by atoms with E-state index in [9.17, 15) is 9.59 Å². The summed E-state index contributed by atoms with van der Waals surface area (Å²) in [5.41, 5.74) is 3.44. The topological polar surface area (TPSA) is 109 Å². The highest BCUT2D eigenvalue weighted by molar-refractivity contribution is 7.18. The zero-order chi connectivity index (χ0) is 26.8. The maximum Gasteiger partial charge on any atom is 0.305 e. The second-order valence-electron chi connectivity index (χ2n) is 10.4. The van der Waals surface area contributed by atoms with E-state index in [-0.39, 0.29) is 18.9 Å². The van der Waals surface area contributed by atoms with Crippen molar-refractivity contribution < 1.29 is 19.2 Å². The van der Waals surface area contributed by atoms with Gasteiger partial charge in [0, 0.05) is 36.3 Å². The minimum absolute atomic E-state index is 0.0975. The van der Waals surface area contributed by atoms with Gasteiger partial charge in [-0.25, -0.2) is 4.98 Å². The SMILES string of the molecule is O=C(O)CCNC(=O)c1ccc(CN(c2ncc(-c3cc(-c4ccccc4)no3)s2)C2CC3CCC2C3)cc1. The Labute approximate surface area is 230 Å². The Morgan fingerprint density at radius 1 is 1.08 bits per heavy atom. The summed E-state index contributed by atoms with van der Waals surface area (Å²) in [4.78, 5) is 31.3.